The first-order valence-corrected chi connectivity index (χ1v) is 5.73. The summed E-state index contributed by atoms with van der Waals surface area (Å²) in [6.45, 7) is 12.0. The third kappa shape index (κ3) is 2.23. The normalized spacial score (nSPS) is 16.5. The Morgan fingerprint density at radius 2 is 2.13 bits per heavy atom. The van der Waals surface area contributed by atoms with E-state index in [4.69, 9.17) is 0 Å². The zero-order valence-electron chi connectivity index (χ0n) is 10.2. The molecule has 3 heteroatoms. The van der Waals surface area contributed by atoms with Gasteiger partial charge in [-0.3, -0.25) is 0 Å². The smallest absolute Gasteiger partial charge is 0.106 e. The first-order valence-electron chi connectivity index (χ1n) is 5.73. The summed E-state index contributed by atoms with van der Waals surface area (Å²) in [4.78, 5) is 4.64. The molecule has 0 aromatic carbocycles. The van der Waals surface area contributed by atoms with E-state index in [1.165, 1.54) is 17.2 Å². The Kier molecular flexibility index (Phi) is 2.59. The van der Waals surface area contributed by atoms with Crippen molar-refractivity contribution in [3.63, 3.8) is 0 Å². The number of rotatable bonds is 1. The highest BCUT2D eigenvalue weighted by Gasteiger charge is 2.21. The number of hydrogen-bond acceptors (Lipinski definition) is 2. The molecule has 0 amide bonds. The van der Waals surface area contributed by atoms with Crippen LogP contribution >= 0.6 is 0 Å². The fraction of sp³-hybridized carbons (Fsp3) is 0.750. The van der Waals surface area contributed by atoms with Gasteiger partial charge in [-0.1, -0.05) is 20.8 Å². The molecule has 2 rings (SSSR count). The summed E-state index contributed by atoms with van der Waals surface area (Å²) in [5.41, 5.74) is 3.02. The molecule has 0 unspecified atom stereocenters. The summed E-state index contributed by atoms with van der Waals surface area (Å²) < 4.78 is 2.40. The second kappa shape index (κ2) is 3.63. The van der Waals surface area contributed by atoms with Crippen molar-refractivity contribution >= 4 is 0 Å². The predicted molar refractivity (Wildman–Crippen MR) is 61.8 cm³/mol. The van der Waals surface area contributed by atoms with Crippen molar-refractivity contribution in [1.82, 2.24) is 14.9 Å². The number of aromatic nitrogens is 2. The van der Waals surface area contributed by atoms with Crippen LogP contribution in [0.4, 0.5) is 0 Å². The van der Waals surface area contributed by atoms with Crippen molar-refractivity contribution in [2.75, 3.05) is 6.54 Å². The standard InChI is InChI=1S/C12H21N3/c1-9-14-10-7-13-6-5-11(10)15(9)8-12(2,3)4/h13H,5-8H2,1-4H3. The number of imidazole rings is 1. The quantitative estimate of drug-likeness (QED) is 0.762. The molecular formula is C12H21N3. The average Bonchev–Trinajstić information content (AvgIpc) is 2.41. The Balaban J connectivity index is 2.34. The van der Waals surface area contributed by atoms with Gasteiger partial charge in [0.05, 0.1) is 5.69 Å². The van der Waals surface area contributed by atoms with Gasteiger partial charge in [-0.2, -0.15) is 0 Å². The predicted octanol–water partition coefficient (Wildman–Crippen LogP) is 1.88. The van der Waals surface area contributed by atoms with E-state index in [9.17, 15) is 0 Å². The first-order chi connectivity index (χ1) is 6.97. The Bertz CT molecular complexity index is 358. The van der Waals surface area contributed by atoms with Crippen LogP contribution in [0.1, 0.15) is 38.0 Å². The molecule has 1 aromatic heterocycles. The monoisotopic (exact) mass is 207 g/mol. The van der Waals surface area contributed by atoms with E-state index in [1.807, 2.05) is 0 Å². The molecule has 1 aliphatic heterocycles. The first kappa shape index (κ1) is 10.7. The van der Waals surface area contributed by atoms with E-state index in [2.05, 4.69) is 42.6 Å². The third-order valence-electron chi connectivity index (χ3n) is 2.81. The van der Waals surface area contributed by atoms with Crippen molar-refractivity contribution < 1.29 is 0 Å². The number of nitrogens with zero attached hydrogens (tertiary/aromatic N) is 2. The molecule has 0 spiro atoms. The van der Waals surface area contributed by atoms with E-state index in [0.717, 1.165) is 26.1 Å². The van der Waals surface area contributed by atoms with E-state index >= 15 is 0 Å². The summed E-state index contributed by atoms with van der Waals surface area (Å²) in [7, 11) is 0. The van der Waals surface area contributed by atoms with Gasteiger partial charge in [0.25, 0.3) is 0 Å². The van der Waals surface area contributed by atoms with Crippen molar-refractivity contribution in [2.45, 2.75) is 47.2 Å². The van der Waals surface area contributed by atoms with Gasteiger partial charge in [-0.05, 0) is 12.3 Å². The molecule has 1 aromatic rings. The Morgan fingerprint density at radius 1 is 1.40 bits per heavy atom. The van der Waals surface area contributed by atoms with Gasteiger partial charge in [0.15, 0.2) is 0 Å². The van der Waals surface area contributed by atoms with Gasteiger partial charge in [0.1, 0.15) is 5.82 Å². The molecule has 0 aliphatic carbocycles. The second-order valence-electron chi connectivity index (χ2n) is 5.63. The summed E-state index contributed by atoms with van der Waals surface area (Å²) in [5, 5.41) is 3.37. The van der Waals surface area contributed by atoms with Gasteiger partial charge >= 0.3 is 0 Å². The minimum absolute atomic E-state index is 0.324. The molecule has 0 fully saturated rings. The Hall–Kier alpha value is -0.830. The highest BCUT2D eigenvalue weighted by Crippen LogP contribution is 2.22. The summed E-state index contributed by atoms with van der Waals surface area (Å²) in [6.07, 6.45) is 1.12. The van der Waals surface area contributed by atoms with Crippen molar-refractivity contribution in [2.24, 2.45) is 5.41 Å². The van der Waals surface area contributed by atoms with Crippen LogP contribution in [0.2, 0.25) is 0 Å². The van der Waals surface area contributed by atoms with Gasteiger partial charge in [0, 0.05) is 31.7 Å². The topological polar surface area (TPSA) is 29.9 Å². The third-order valence-corrected chi connectivity index (χ3v) is 2.81. The Labute approximate surface area is 91.9 Å². The number of hydrogen-bond donors (Lipinski definition) is 1. The maximum atomic E-state index is 4.64. The highest BCUT2D eigenvalue weighted by atomic mass is 15.1. The maximum Gasteiger partial charge on any atom is 0.106 e. The number of fused-ring (bicyclic) bond motifs is 1. The zero-order valence-corrected chi connectivity index (χ0v) is 10.2. The molecule has 1 aliphatic rings. The molecule has 84 valence electrons. The maximum absolute atomic E-state index is 4.64. The zero-order chi connectivity index (χ0) is 11.1. The van der Waals surface area contributed by atoms with Crippen LogP contribution in [0, 0.1) is 12.3 Å². The Morgan fingerprint density at radius 3 is 2.80 bits per heavy atom. The van der Waals surface area contributed by atoms with Gasteiger partial charge in [0.2, 0.25) is 0 Å². The highest BCUT2D eigenvalue weighted by molar-refractivity contribution is 5.20. The van der Waals surface area contributed by atoms with Crippen LogP contribution in [0.3, 0.4) is 0 Å². The fourth-order valence-electron chi connectivity index (χ4n) is 2.19. The lowest BCUT2D eigenvalue weighted by atomic mass is 9.96. The van der Waals surface area contributed by atoms with Crippen LogP contribution in [-0.2, 0) is 19.5 Å². The van der Waals surface area contributed by atoms with Gasteiger partial charge in [-0.25, -0.2) is 4.98 Å². The van der Waals surface area contributed by atoms with Crippen LogP contribution in [0.25, 0.3) is 0 Å². The summed E-state index contributed by atoms with van der Waals surface area (Å²) >= 11 is 0. The van der Waals surface area contributed by atoms with E-state index < -0.39 is 0 Å². The number of nitrogens with one attached hydrogen (secondary N) is 1. The van der Waals surface area contributed by atoms with Gasteiger partial charge in [-0.15, -0.1) is 0 Å². The molecule has 2 heterocycles. The molecule has 0 saturated heterocycles. The lowest BCUT2D eigenvalue weighted by molar-refractivity contribution is 0.333. The molecule has 1 N–H and O–H groups in total. The average molecular weight is 207 g/mol. The molecule has 0 atom stereocenters. The summed E-state index contributed by atoms with van der Waals surface area (Å²) in [6, 6.07) is 0. The van der Waals surface area contributed by atoms with Gasteiger partial charge < -0.3 is 9.88 Å². The molecule has 15 heavy (non-hydrogen) atoms. The molecule has 0 bridgehead atoms. The minimum Gasteiger partial charge on any atom is -0.331 e. The van der Waals surface area contributed by atoms with Crippen molar-refractivity contribution in [3.8, 4) is 0 Å². The van der Waals surface area contributed by atoms with E-state index in [1.54, 1.807) is 0 Å². The van der Waals surface area contributed by atoms with Crippen molar-refractivity contribution in [1.29, 1.82) is 0 Å². The SMILES string of the molecule is Cc1nc2c(n1CC(C)(C)C)CCNC2. The molecule has 0 saturated carbocycles. The largest absolute Gasteiger partial charge is 0.331 e. The second-order valence-corrected chi connectivity index (χ2v) is 5.63. The lowest BCUT2D eigenvalue weighted by Gasteiger charge is -2.23. The van der Waals surface area contributed by atoms with E-state index in [-0.39, 0.29) is 0 Å². The minimum atomic E-state index is 0.324. The lowest BCUT2D eigenvalue weighted by Crippen LogP contribution is -2.26. The molecule has 0 radical (unpaired) electrons. The summed E-state index contributed by atoms with van der Waals surface area (Å²) in [5.74, 6) is 1.17. The van der Waals surface area contributed by atoms with Crippen LogP contribution in [0.15, 0.2) is 0 Å². The van der Waals surface area contributed by atoms with Crippen LogP contribution in [-0.4, -0.2) is 16.1 Å². The molecule has 3 nitrogen and oxygen atoms in total. The van der Waals surface area contributed by atoms with E-state index in [0.29, 0.717) is 5.41 Å². The number of aryl methyl sites for hydroxylation is 1. The van der Waals surface area contributed by atoms with Crippen LogP contribution < -0.4 is 5.32 Å². The van der Waals surface area contributed by atoms with Crippen LogP contribution in [0.5, 0.6) is 0 Å². The van der Waals surface area contributed by atoms with Crippen molar-refractivity contribution in [3.05, 3.63) is 17.2 Å². The fourth-order valence-corrected chi connectivity index (χ4v) is 2.19. The molecular weight excluding hydrogens is 186 g/mol.